The molecule has 0 heterocycles. The number of benzene rings is 1. The van der Waals surface area contributed by atoms with E-state index in [1.54, 1.807) is 0 Å². The number of aliphatic hydroxyl groups is 1. The number of likely N-dealkylation sites (N-methyl/N-ethyl adjacent to an activating group) is 1. The third kappa shape index (κ3) is 3.51. The minimum absolute atomic E-state index is 0.101. The maximum atomic E-state index is 9.03. The lowest BCUT2D eigenvalue weighted by Gasteiger charge is -2.21. The van der Waals surface area contributed by atoms with Crippen LogP contribution in [0.2, 0.25) is 0 Å². The molecule has 0 aromatic heterocycles. The lowest BCUT2D eigenvalue weighted by atomic mass is 10.1. The normalized spacial score (nSPS) is 10.5. The number of hydrogen-bond donors (Lipinski definition) is 1. The summed E-state index contributed by atoms with van der Waals surface area (Å²) in [6.45, 7) is 6.55. The van der Waals surface area contributed by atoms with Crippen molar-refractivity contribution in [3.8, 4) is 0 Å². The fourth-order valence-electron chi connectivity index (χ4n) is 1.71. The zero-order chi connectivity index (χ0) is 12.0. The van der Waals surface area contributed by atoms with Gasteiger partial charge in [-0.1, -0.05) is 12.1 Å². The quantitative estimate of drug-likeness (QED) is 0.748. The van der Waals surface area contributed by atoms with E-state index in [0.29, 0.717) is 0 Å². The first-order chi connectivity index (χ1) is 7.69. The van der Waals surface area contributed by atoms with E-state index in [0.717, 1.165) is 25.3 Å². The molecule has 1 rings (SSSR count). The Morgan fingerprint density at radius 1 is 1.38 bits per heavy atom. The molecular weight excluding hydrogens is 202 g/mol. The van der Waals surface area contributed by atoms with E-state index in [4.69, 9.17) is 9.84 Å². The molecule has 0 unspecified atom stereocenters. The SMILES string of the molecule is CCOCCN(C)c1ccc(CO)cc1C. The zero-order valence-corrected chi connectivity index (χ0v) is 10.4. The van der Waals surface area contributed by atoms with E-state index >= 15 is 0 Å². The molecule has 3 heteroatoms. The topological polar surface area (TPSA) is 32.7 Å². The molecular formula is C13H21NO2. The molecule has 0 aliphatic rings. The zero-order valence-electron chi connectivity index (χ0n) is 10.4. The fraction of sp³-hybridized carbons (Fsp3) is 0.538. The Bertz CT molecular complexity index is 326. The molecule has 0 aliphatic heterocycles. The Balaban J connectivity index is 2.64. The highest BCUT2D eigenvalue weighted by Crippen LogP contribution is 2.19. The van der Waals surface area contributed by atoms with Crippen LogP contribution in [-0.4, -0.2) is 31.9 Å². The maximum Gasteiger partial charge on any atom is 0.0681 e. The van der Waals surface area contributed by atoms with Crippen molar-refractivity contribution in [3.63, 3.8) is 0 Å². The van der Waals surface area contributed by atoms with Gasteiger partial charge in [-0.25, -0.2) is 0 Å². The van der Waals surface area contributed by atoms with Crippen LogP contribution >= 0.6 is 0 Å². The average Bonchev–Trinajstić information content (AvgIpc) is 2.29. The van der Waals surface area contributed by atoms with Gasteiger partial charge in [0.2, 0.25) is 0 Å². The predicted molar refractivity (Wildman–Crippen MR) is 66.9 cm³/mol. The van der Waals surface area contributed by atoms with Crippen LogP contribution in [0, 0.1) is 6.92 Å². The number of aliphatic hydroxyl groups excluding tert-OH is 1. The molecule has 1 aromatic carbocycles. The number of rotatable bonds is 6. The Morgan fingerprint density at radius 2 is 2.12 bits per heavy atom. The summed E-state index contributed by atoms with van der Waals surface area (Å²) < 4.78 is 5.33. The summed E-state index contributed by atoms with van der Waals surface area (Å²) in [5.74, 6) is 0. The van der Waals surface area contributed by atoms with Crippen molar-refractivity contribution in [1.29, 1.82) is 0 Å². The molecule has 90 valence electrons. The number of aryl methyl sites for hydroxylation is 1. The molecule has 3 nitrogen and oxygen atoms in total. The van der Waals surface area contributed by atoms with Crippen LogP contribution in [0.5, 0.6) is 0 Å². The van der Waals surface area contributed by atoms with Gasteiger partial charge < -0.3 is 14.7 Å². The van der Waals surface area contributed by atoms with E-state index < -0.39 is 0 Å². The maximum absolute atomic E-state index is 9.03. The van der Waals surface area contributed by atoms with Crippen molar-refractivity contribution in [2.24, 2.45) is 0 Å². The minimum atomic E-state index is 0.101. The molecule has 1 N–H and O–H groups in total. The molecule has 0 saturated heterocycles. The smallest absolute Gasteiger partial charge is 0.0681 e. The lowest BCUT2D eigenvalue weighted by molar-refractivity contribution is 0.154. The third-order valence-corrected chi connectivity index (χ3v) is 2.63. The highest BCUT2D eigenvalue weighted by Gasteiger charge is 2.04. The standard InChI is InChI=1S/C13H21NO2/c1-4-16-8-7-14(3)13-6-5-12(10-15)9-11(13)2/h5-6,9,15H,4,7-8,10H2,1-3H3. The van der Waals surface area contributed by atoms with Crippen LogP contribution in [0.1, 0.15) is 18.1 Å². The van der Waals surface area contributed by atoms with Crippen molar-refractivity contribution in [1.82, 2.24) is 0 Å². The van der Waals surface area contributed by atoms with Crippen LogP contribution in [-0.2, 0) is 11.3 Å². The molecule has 0 radical (unpaired) electrons. The Morgan fingerprint density at radius 3 is 2.69 bits per heavy atom. The van der Waals surface area contributed by atoms with E-state index in [-0.39, 0.29) is 6.61 Å². The van der Waals surface area contributed by atoms with Gasteiger partial charge in [-0.2, -0.15) is 0 Å². The average molecular weight is 223 g/mol. The van der Waals surface area contributed by atoms with Gasteiger partial charge in [0.1, 0.15) is 0 Å². The van der Waals surface area contributed by atoms with E-state index in [9.17, 15) is 0 Å². The molecule has 0 spiro atoms. The predicted octanol–water partition coefficient (Wildman–Crippen LogP) is 1.96. The van der Waals surface area contributed by atoms with E-state index in [2.05, 4.69) is 18.9 Å². The van der Waals surface area contributed by atoms with Gasteiger partial charge in [-0.05, 0) is 31.0 Å². The third-order valence-electron chi connectivity index (χ3n) is 2.63. The first kappa shape index (κ1) is 13.0. The lowest BCUT2D eigenvalue weighted by Crippen LogP contribution is -2.23. The van der Waals surface area contributed by atoms with Crippen LogP contribution < -0.4 is 4.90 Å². The van der Waals surface area contributed by atoms with E-state index in [1.165, 1.54) is 11.3 Å². The second-order valence-electron chi connectivity index (χ2n) is 3.90. The minimum Gasteiger partial charge on any atom is -0.392 e. The van der Waals surface area contributed by atoms with Gasteiger partial charge in [0.05, 0.1) is 13.2 Å². The number of nitrogens with zero attached hydrogens (tertiary/aromatic N) is 1. The Hall–Kier alpha value is -1.06. The van der Waals surface area contributed by atoms with Crippen molar-refractivity contribution in [3.05, 3.63) is 29.3 Å². The van der Waals surface area contributed by atoms with E-state index in [1.807, 2.05) is 25.1 Å². The Labute approximate surface area is 97.7 Å². The first-order valence-electron chi connectivity index (χ1n) is 5.68. The van der Waals surface area contributed by atoms with Gasteiger partial charge in [-0.3, -0.25) is 0 Å². The van der Waals surface area contributed by atoms with Crippen molar-refractivity contribution >= 4 is 5.69 Å². The van der Waals surface area contributed by atoms with Crippen molar-refractivity contribution in [2.75, 3.05) is 31.7 Å². The van der Waals surface area contributed by atoms with Gasteiger partial charge in [0, 0.05) is 25.9 Å². The number of ether oxygens (including phenoxy) is 1. The van der Waals surface area contributed by atoms with Crippen molar-refractivity contribution < 1.29 is 9.84 Å². The van der Waals surface area contributed by atoms with Gasteiger partial charge in [-0.15, -0.1) is 0 Å². The summed E-state index contributed by atoms with van der Waals surface area (Å²) in [6, 6.07) is 6.03. The van der Waals surface area contributed by atoms with Crippen molar-refractivity contribution in [2.45, 2.75) is 20.5 Å². The van der Waals surface area contributed by atoms with Crippen LogP contribution in [0.25, 0.3) is 0 Å². The number of anilines is 1. The molecule has 0 amide bonds. The second kappa shape index (κ2) is 6.51. The summed E-state index contributed by atoms with van der Waals surface area (Å²) in [7, 11) is 2.06. The second-order valence-corrected chi connectivity index (χ2v) is 3.90. The summed E-state index contributed by atoms with van der Waals surface area (Å²) in [5, 5.41) is 9.03. The monoisotopic (exact) mass is 223 g/mol. The summed E-state index contributed by atoms with van der Waals surface area (Å²) in [6.07, 6.45) is 0. The van der Waals surface area contributed by atoms with Crippen LogP contribution in [0.4, 0.5) is 5.69 Å². The highest BCUT2D eigenvalue weighted by molar-refractivity contribution is 5.53. The van der Waals surface area contributed by atoms with Crippen LogP contribution in [0.3, 0.4) is 0 Å². The molecule has 1 aromatic rings. The molecule has 16 heavy (non-hydrogen) atoms. The molecule has 0 fully saturated rings. The molecule has 0 atom stereocenters. The van der Waals surface area contributed by atoms with Gasteiger partial charge in [0.15, 0.2) is 0 Å². The van der Waals surface area contributed by atoms with Gasteiger partial charge in [0.25, 0.3) is 0 Å². The molecule has 0 saturated carbocycles. The largest absolute Gasteiger partial charge is 0.392 e. The highest BCUT2D eigenvalue weighted by atomic mass is 16.5. The van der Waals surface area contributed by atoms with Crippen LogP contribution in [0.15, 0.2) is 18.2 Å². The number of hydrogen-bond acceptors (Lipinski definition) is 3. The first-order valence-corrected chi connectivity index (χ1v) is 5.68. The summed E-state index contributed by atoms with van der Waals surface area (Å²) in [4.78, 5) is 2.17. The molecule has 0 bridgehead atoms. The Kier molecular flexibility index (Phi) is 5.29. The summed E-state index contributed by atoms with van der Waals surface area (Å²) >= 11 is 0. The van der Waals surface area contributed by atoms with Gasteiger partial charge >= 0.3 is 0 Å². The summed E-state index contributed by atoms with van der Waals surface area (Å²) in [5.41, 5.74) is 3.34. The molecule has 0 aliphatic carbocycles. The fourth-order valence-corrected chi connectivity index (χ4v) is 1.71.